The van der Waals surface area contributed by atoms with Crippen LogP contribution < -0.4 is 4.74 Å². The summed E-state index contributed by atoms with van der Waals surface area (Å²) < 4.78 is 11.3. The van der Waals surface area contributed by atoms with Crippen LogP contribution in [-0.2, 0) is 16.1 Å². The van der Waals surface area contributed by atoms with Gasteiger partial charge in [-0.15, -0.1) is 0 Å². The largest absolute Gasteiger partial charge is 0.489 e. The lowest BCUT2D eigenvalue weighted by molar-refractivity contribution is -0.157. The minimum atomic E-state index is -0.899. The molecule has 2 atom stereocenters. The number of fused-ring (bicyclic) bond motifs is 1. The zero-order valence-corrected chi connectivity index (χ0v) is 15.5. The monoisotopic (exact) mass is 381 g/mol. The third-order valence-corrected chi connectivity index (χ3v) is 5.81. The van der Waals surface area contributed by atoms with Gasteiger partial charge in [-0.05, 0) is 24.6 Å². The van der Waals surface area contributed by atoms with Crippen molar-refractivity contribution in [2.75, 3.05) is 26.3 Å². The topological polar surface area (TPSA) is 76.1 Å². The van der Waals surface area contributed by atoms with Gasteiger partial charge in [0.15, 0.2) is 0 Å². The van der Waals surface area contributed by atoms with Crippen molar-refractivity contribution >= 4 is 11.9 Å². The van der Waals surface area contributed by atoms with Gasteiger partial charge in [-0.25, -0.2) is 0 Å². The van der Waals surface area contributed by atoms with Gasteiger partial charge in [-0.3, -0.25) is 9.59 Å². The molecule has 0 spiro atoms. The molecule has 1 amide bonds. The van der Waals surface area contributed by atoms with E-state index in [2.05, 4.69) is 0 Å². The predicted molar refractivity (Wildman–Crippen MR) is 102 cm³/mol. The summed E-state index contributed by atoms with van der Waals surface area (Å²) in [5, 5.41) is 9.82. The molecule has 0 radical (unpaired) electrons. The van der Waals surface area contributed by atoms with Gasteiger partial charge in [0.05, 0.1) is 12.0 Å². The molecule has 0 aromatic heterocycles. The van der Waals surface area contributed by atoms with Gasteiger partial charge in [-0.1, -0.05) is 36.4 Å². The molecule has 0 bridgehead atoms. The minimum absolute atomic E-state index is 0.151. The molecule has 28 heavy (non-hydrogen) atoms. The Bertz CT molecular complexity index is 868. The van der Waals surface area contributed by atoms with E-state index in [0.29, 0.717) is 31.7 Å². The first kappa shape index (κ1) is 18.5. The second-order valence-electron chi connectivity index (χ2n) is 7.43. The first-order chi connectivity index (χ1) is 13.6. The van der Waals surface area contributed by atoms with E-state index < -0.39 is 11.4 Å². The highest BCUT2D eigenvalue weighted by molar-refractivity contribution is 5.96. The summed E-state index contributed by atoms with van der Waals surface area (Å²) in [5.74, 6) is -0.423. The van der Waals surface area contributed by atoms with E-state index in [1.54, 1.807) is 11.0 Å². The number of ether oxygens (including phenoxy) is 2. The Kier molecular flexibility index (Phi) is 5.05. The minimum Gasteiger partial charge on any atom is -0.489 e. The molecule has 2 aliphatic heterocycles. The van der Waals surface area contributed by atoms with Crippen LogP contribution in [0.3, 0.4) is 0 Å². The number of carboxylic acid groups (broad SMARTS) is 1. The molecule has 146 valence electrons. The number of para-hydroxylation sites is 1. The number of amides is 1. The molecular weight excluding hydrogens is 358 g/mol. The predicted octanol–water partition coefficient (Wildman–Crippen LogP) is 2.83. The average Bonchev–Trinajstić information content (AvgIpc) is 3.14. The van der Waals surface area contributed by atoms with Gasteiger partial charge in [0.25, 0.3) is 5.91 Å². The second kappa shape index (κ2) is 7.64. The van der Waals surface area contributed by atoms with Crippen LogP contribution in [0, 0.1) is 11.3 Å². The molecule has 4 rings (SSSR count). The number of benzene rings is 2. The van der Waals surface area contributed by atoms with Crippen molar-refractivity contribution < 1.29 is 24.2 Å². The smallest absolute Gasteiger partial charge is 0.311 e. The van der Waals surface area contributed by atoms with Crippen molar-refractivity contribution in [2.24, 2.45) is 11.3 Å². The van der Waals surface area contributed by atoms with Crippen molar-refractivity contribution in [3.63, 3.8) is 0 Å². The van der Waals surface area contributed by atoms with Crippen molar-refractivity contribution in [3.05, 3.63) is 65.7 Å². The summed E-state index contributed by atoms with van der Waals surface area (Å²) in [6.07, 6.45) is 0.440. The maximum absolute atomic E-state index is 13.2. The van der Waals surface area contributed by atoms with Crippen molar-refractivity contribution in [1.82, 2.24) is 4.90 Å². The number of carboxylic acids is 1. The van der Waals surface area contributed by atoms with Gasteiger partial charge in [0, 0.05) is 36.7 Å². The molecule has 6 heteroatoms. The number of likely N-dealkylation sites (tertiary alicyclic amines) is 1. The van der Waals surface area contributed by atoms with Crippen LogP contribution in [-0.4, -0.2) is 48.2 Å². The Balaban J connectivity index is 1.53. The van der Waals surface area contributed by atoms with Crippen LogP contribution >= 0.6 is 0 Å². The van der Waals surface area contributed by atoms with Gasteiger partial charge in [0.2, 0.25) is 0 Å². The van der Waals surface area contributed by atoms with Gasteiger partial charge in [0.1, 0.15) is 12.4 Å². The van der Waals surface area contributed by atoms with Crippen LogP contribution in [0.4, 0.5) is 0 Å². The van der Waals surface area contributed by atoms with Gasteiger partial charge in [-0.2, -0.15) is 0 Å². The third kappa shape index (κ3) is 3.36. The lowest BCUT2D eigenvalue weighted by Gasteiger charge is -2.33. The molecule has 0 aliphatic carbocycles. The van der Waals surface area contributed by atoms with Crippen molar-refractivity contribution in [3.8, 4) is 5.75 Å². The Labute approximate surface area is 163 Å². The van der Waals surface area contributed by atoms with Crippen LogP contribution in [0.1, 0.15) is 22.3 Å². The third-order valence-electron chi connectivity index (χ3n) is 5.81. The summed E-state index contributed by atoms with van der Waals surface area (Å²) in [4.78, 5) is 26.9. The van der Waals surface area contributed by atoms with Gasteiger partial charge >= 0.3 is 5.97 Å². The molecule has 0 saturated carbocycles. The quantitative estimate of drug-likeness (QED) is 0.862. The number of carbonyl (C=O) groups is 2. The zero-order valence-electron chi connectivity index (χ0n) is 15.5. The lowest BCUT2D eigenvalue weighted by atomic mass is 9.74. The maximum Gasteiger partial charge on any atom is 0.311 e. The van der Waals surface area contributed by atoms with Crippen LogP contribution in [0.15, 0.2) is 54.6 Å². The Hall–Kier alpha value is -2.86. The number of rotatable bonds is 5. The summed E-state index contributed by atoms with van der Waals surface area (Å²) >= 11 is 0. The fourth-order valence-corrected chi connectivity index (χ4v) is 4.16. The summed E-state index contributed by atoms with van der Waals surface area (Å²) in [6, 6.07) is 16.8. The number of aliphatic carboxylic acids is 1. The van der Waals surface area contributed by atoms with E-state index in [9.17, 15) is 14.7 Å². The molecular formula is C22H23NO5. The van der Waals surface area contributed by atoms with E-state index in [0.717, 1.165) is 11.3 Å². The highest BCUT2D eigenvalue weighted by Crippen LogP contribution is 2.43. The number of carbonyl (C=O) groups excluding carboxylic acids is 1. The Morgan fingerprint density at radius 2 is 1.89 bits per heavy atom. The molecule has 2 aromatic rings. The van der Waals surface area contributed by atoms with E-state index in [1.165, 1.54) is 0 Å². The molecule has 2 saturated heterocycles. The zero-order chi connectivity index (χ0) is 19.6. The normalized spacial score (nSPS) is 23.9. The SMILES string of the molecule is O=C(c1ccccc1COc1ccccc1)N1C[C@H]2COCC[C@@]2(C(=O)O)C1. The Morgan fingerprint density at radius 1 is 1.14 bits per heavy atom. The van der Waals surface area contributed by atoms with Gasteiger partial charge < -0.3 is 19.5 Å². The lowest BCUT2D eigenvalue weighted by Crippen LogP contribution is -2.45. The maximum atomic E-state index is 13.2. The fourth-order valence-electron chi connectivity index (χ4n) is 4.16. The first-order valence-corrected chi connectivity index (χ1v) is 9.46. The number of hydrogen-bond donors (Lipinski definition) is 1. The highest BCUT2D eigenvalue weighted by atomic mass is 16.5. The molecule has 2 aliphatic rings. The molecule has 0 unspecified atom stereocenters. The van der Waals surface area contributed by atoms with E-state index >= 15 is 0 Å². The fraction of sp³-hybridized carbons (Fsp3) is 0.364. The second-order valence-corrected chi connectivity index (χ2v) is 7.43. The first-order valence-electron chi connectivity index (χ1n) is 9.46. The van der Waals surface area contributed by atoms with Crippen LogP contribution in [0.25, 0.3) is 0 Å². The van der Waals surface area contributed by atoms with E-state index in [-0.39, 0.29) is 25.0 Å². The van der Waals surface area contributed by atoms with Crippen LogP contribution in [0.2, 0.25) is 0 Å². The molecule has 2 aromatic carbocycles. The van der Waals surface area contributed by atoms with Crippen LogP contribution in [0.5, 0.6) is 5.75 Å². The number of nitrogens with zero attached hydrogens (tertiary/aromatic N) is 1. The standard InChI is InChI=1S/C22H23NO5/c24-20(23-12-17-14-27-11-10-22(17,15-23)21(25)26)19-9-5-4-6-16(19)13-28-18-7-2-1-3-8-18/h1-9,17H,10-15H2,(H,25,26)/t17-,22+/m0/s1. The summed E-state index contributed by atoms with van der Waals surface area (Å²) in [5.41, 5.74) is 0.439. The molecule has 2 heterocycles. The number of hydrogen-bond acceptors (Lipinski definition) is 4. The van der Waals surface area contributed by atoms with E-state index in [1.807, 2.05) is 48.5 Å². The van der Waals surface area contributed by atoms with E-state index in [4.69, 9.17) is 9.47 Å². The molecule has 1 N–H and O–H groups in total. The van der Waals surface area contributed by atoms with Crippen molar-refractivity contribution in [2.45, 2.75) is 13.0 Å². The summed E-state index contributed by atoms with van der Waals surface area (Å²) in [7, 11) is 0. The summed E-state index contributed by atoms with van der Waals surface area (Å²) in [6.45, 7) is 1.71. The highest BCUT2D eigenvalue weighted by Gasteiger charge is 2.55. The van der Waals surface area contributed by atoms with Crippen molar-refractivity contribution in [1.29, 1.82) is 0 Å². The average molecular weight is 381 g/mol. The Morgan fingerprint density at radius 3 is 2.64 bits per heavy atom. The molecule has 2 fully saturated rings. The molecule has 6 nitrogen and oxygen atoms in total.